The summed E-state index contributed by atoms with van der Waals surface area (Å²) >= 11 is 1.27. The Hall–Kier alpha value is -3.08. The lowest BCUT2D eigenvalue weighted by Crippen LogP contribution is -2.22. The summed E-state index contributed by atoms with van der Waals surface area (Å²) in [6.45, 7) is 6.20. The van der Waals surface area contributed by atoms with Crippen molar-refractivity contribution in [2.45, 2.75) is 18.4 Å². The zero-order valence-electron chi connectivity index (χ0n) is 17.9. The van der Waals surface area contributed by atoms with Gasteiger partial charge in [0.05, 0.1) is 27.3 Å². The molecule has 0 atom stereocenters. The average Bonchev–Trinajstić information content (AvgIpc) is 3.10. The Labute approximate surface area is 190 Å². The Morgan fingerprint density at radius 1 is 1.16 bits per heavy atom. The molecule has 0 aliphatic heterocycles. The van der Waals surface area contributed by atoms with E-state index < -0.39 is 21.9 Å². The highest BCUT2D eigenvalue weighted by Gasteiger charge is 2.18. The normalized spacial score (nSPS) is 12.3. The van der Waals surface area contributed by atoms with E-state index in [1.54, 1.807) is 31.2 Å². The summed E-state index contributed by atoms with van der Waals surface area (Å²) < 4.78 is 33.2. The molecular weight excluding hydrogens is 450 g/mol. The van der Waals surface area contributed by atoms with Crippen LogP contribution in [0.5, 0.6) is 0 Å². The quantitative estimate of drug-likeness (QED) is 0.388. The van der Waals surface area contributed by atoms with Gasteiger partial charge in [0.25, 0.3) is 5.91 Å². The minimum Gasteiger partial charge on any atom is -0.462 e. The number of rotatable bonds is 7. The van der Waals surface area contributed by atoms with E-state index in [1.807, 2.05) is 4.57 Å². The van der Waals surface area contributed by atoms with E-state index in [2.05, 4.69) is 11.6 Å². The number of nitrogens with zero attached hydrogens (tertiary/aromatic N) is 3. The summed E-state index contributed by atoms with van der Waals surface area (Å²) in [4.78, 5) is 29.6. The Morgan fingerprint density at radius 2 is 1.81 bits per heavy atom. The second-order valence-corrected chi connectivity index (χ2v) is 10.1. The van der Waals surface area contributed by atoms with Gasteiger partial charge >= 0.3 is 5.97 Å². The number of amides is 1. The van der Waals surface area contributed by atoms with E-state index in [-0.39, 0.29) is 17.1 Å². The maximum atomic E-state index is 12.8. The first kappa shape index (κ1) is 23.6. The first-order chi connectivity index (χ1) is 15.2. The third-order valence-corrected chi connectivity index (χ3v) is 7.45. The molecule has 0 aliphatic rings. The fourth-order valence-electron chi connectivity index (χ4n) is 2.94. The molecule has 32 heavy (non-hydrogen) atoms. The number of sulfonamides is 1. The second-order valence-electron chi connectivity index (χ2n) is 6.92. The van der Waals surface area contributed by atoms with Gasteiger partial charge in [0.1, 0.15) is 0 Å². The molecule has 0 saturated carbocycles. The summed E-state index contributed by atoms with van der Waals surface area (Å²) in [5.41, 5.74) is 1.49. The number of hydrogen-bond acceptors (Lipinski definition) is 6. The van der Waals surface area contributed by atoms with Gasteiger partial charge in [-0.1, -0.05) is 17.4 Å². The van der Waals surface area contributed by atoms with Gasteiger partial charge < -0.3 is 9.30 Å². The zero-order valence-corrected chi connectivity index (χ0v) is 19.6. The highest BCUT2D eigenvalue weighted by molar-refractivity contribution is 7.89. The van der Waals surface area contributed by atoms with Crippen molar-refractivity contribution in [2.75, 3.05) is 20.7 Å². The van der Waals surface area contributed by atoms with Gasteiger partial charge in [-0.05, 0) is 49.4 Å². The van der Waals surface area contributed by atoms with Crippen molar-refractivity contribution in [2.24, 2.45) is 4.99 Å². The third kappa shape index (κ3) is 4.72. The Balaban J connectivity index is 2.02. The number of ether oxygens (including phenoxy) is 1. The molecule has 168 valence electrons. The summed E-state index contributed by atoms with van der Waals surface area (Å²) in [6, 6.07) is 10.8. The van der Waals surface area contributed by atoms with Crippen LogP contribution in [-0.4, -0.2) is 49.9 Å². The van der Waals surface area contributed by atoms with E-state index in [1.165, 1.54) is 49.7 Å². The Bertz CT molecular complexity index is 1350. The van der Waals surface area contributed by atoms with Crippen LogP contribution in [0.1, 0.15) is 27.6 Å². The number of esters is 1. The summed E-state index contributed by atoms with van der Waals surface area (Å²) in [5.74, 6) is -0.922. The average molecular weight is 474 g/mol. The SMILES string of the molecule is C=CCn1c(=NC(=O)c2ccc(S(=O)(=O)N(C)C)cc2)sc2cc(C(=O)OCC)ccc21. The highest BCUT2D eigenvalue weighted by atomic mass is 32.2. The van der Waals surface area contributed by atoms with Crippen molar-refractivity contribution >= 4 is 43.5 Å². The van der Waals surface area contributed by atoms with Crippen LogP contribution < -0.4 is 4.80 Å². The predicted molar refractivity (Wildman–Crippen MR) is 123 cm³/mol. The second kappa shape index (κ2) is 9.60. The largest absolute Gasteiger partial charge is 0.462 e. The molecule has 8 nitrogen and oxygen atoms in total. The fourth-order valence-corrected chi connectivity index (χ4v) is 4.92. The molecule has 3 aromatic rings. The molecule has 0 radical (unpaired) electrons. The molecule has 1 amide bonds. The molecule has 2 aromatic carbocycles. The summed E-state index contributed by atoms with van der Waals surface area (Å²) in [6.07, 6.45) is 1.69. The van der Waals surface area contributed by atoms with Crippen LogP contribution in [0.15, 0.2) is 65.0 Å². The molecule has 0 saturated heterocycles. The van der Waals surface area contributed by atoms with Crippen molar-refractivity contribution in [1.29, 1.82) is 0 Å². The van der Waals surface area contributed by atoms with Gasteiger partial charge in [0.15, 0.2) is 4.80 Å². The molecule has 10 heteroatoms. The van der Waals surface area contributed by atoms with Crippen LogP contribution in [0.2, 0.25) is 0 Å². The molecule has 3 rings (SSSR count). The van der Waals surface area contributed by atoms with E-state index >= 15 is 0 Å². The molecule has 0 aliphatic carbocycles. The molecule has 0 spiro atoms. The van der Waals surface area contributed by atoms with Crippen molar-refractivity contribution in [3.8, 4) is 0 Å². The lowest BCUT2D eigenvalue weighted by molar-refractivity contribution is 0.0526. The maximum absolute atomic E-state index is 12.8. The first-order valence-electron chi connectivity index (χ1n) is 9.72. The predicted octanol–water partition coefficient (Wildman–Crippen LogP) is 3.06. The van der Waals surface area contributed by atoms with Gasteiger partial charge in [0, 0.05) is 26.2 Å². The zero-order chi connectivity index (χ0) is 23.5. The first-order valence-corrected chi connectivity index (χ1v) is 12.0. The van der Waals surface area contributed by atoms with Crippen LogP contribution in [-0.2, 0) is 21.3 Å². The number of benzene rings is 2. The summed E-state index contributed by atoms with van der Waals surface area (Å²) in [7, 11) is -0.702. The van der Waals surface area contributed by atoms with E-state index in [0.717, 1.165) is 14.5 Å². The van der Waals surface area contributed by atoms with Crippen molar-refractivity contribution < 1.29 is 22.7 Å². The lowest BCUT2D eigenvalue weighted by Gasteiger charge is -2.11. The number of carbonyl (C=O) groups is 2. The number of aromatic nitrogens is 1. The molecule has 0 unspecified atom stereocenters. The van der Waals surface area contributed by atoms with Gasteiger partial charge in [-0.15, -0.1) is 6.58 Å². The topological polar surface area (TPSA) is 98.0 Å². The number of carbonyl (C=O) groups excluding carboxylic acids is 2. The van der Waals surface area contributed by atoms with Gasteiger partial charge in [-0.2, -0.15) is 4.99 Å². The Morgan fingerprint density at radius 3 is 2.41 bits per heavy atom. The van der Waals surface area contributed by atoms with Crippen LogP contribution >= 0.6 is 11.3 Å². The van der Waals surface area contributed by atoms with Crippen LogP contribution in [0.4, 0.5) is 0 Å². The molecule has 0 bridgehead atoms. The van der Waals surface area contributed by atoms with Gasteiger partial charge in [-0.3, -0.25) is 4.79 Å². The number of hydrogen-bond donors (Lipinski definition) is 0. The molecule has 0 N–H and O–H groups in total. The molecular formula is C22H23N3O5S2. The minimum absolute atomic E-state index is 0.0918. The standard InChI is InChI=1S/C22H23N3O5S2/c1-5-13-25-18-12-9-16(21(27)30-6-2)14-19(18)31-22(25)23-20(26)15-7-10-17(11-8-15)32(28,29)24(3)4/h5,7-12,14H,1,6,13H2,2-4H3. The lowest BCUT2D eigenvalue weighted by atomic mass is 10.2. The minimum atomic E-state index is -3.58. The Kier molecular flexibility index (Phi) is 7.07. The molecule has 1 aromatic heterocycles. The van der Waals surface area contributed by atoms with Gasteiger partial charge in [-0.25, -0.2) is 17.5 Å². The smallest absolute Gasteiger partial charge is 0.338 e. The number of allylic oxidation sites excluding steroid dienone is 1. The van der Waals surface area contributed by atoms with Crippen molar-refractivity contribution in [1.82, 2.24) is 8.87 Å². The monoisotopic (exact) mass is 473 g/mol. The van der Waals surface area contributed by atoms with Gasteiger partial charge in [0.2, 0.25) is 10.0 Å². The van der Waals surface area contributed by atoms with E-state index in [9.17, 15) is 18.0 Å². The van der Waals surface area contributed by atoms with Crippen molar-refractivity contribution in [3.05, 3.63) is 71.0 Å². The number of thiazole rings is 1. The van der Waals surface area contributed by atoms with Crippen LogP contribution in [0, 0.1) is 0 Å². The number of fused-ring (bicyclic) bond motifs is 1. The molecule has 0 fully saturated rings. The molecule has 1 heterocycles. The van der Waals surface area contributed by atoms with E-state index in [4.69, 9.17) is 4.74 Å². The fraction of sp³-hybridized carbons (Fsp3) is 0.227. The van der Waals surface area contributed by atoms with Crippen molar-refractivity contribution in [3.63, 3.8) is 0 Å². The third-order valence-electron chi connectivity index (χ3n) is 4.58. The van der Waals surface area contributed by atoms with Crippen LogP contribution in [0.3, 0.4) is 0 Å². The maximum Gasteiger partial charge on any atom is 0.338 e. The van der Waals surface area contributed by atoms with E-state index in [0.29, 0.717) is 16.9 Å². The van der Waals surface area contributed by atoms with Crippen LogP contribution in [0.25, 0.3) is 10.2 Å². The summed E-state index contributed by atoms with van der Waals surface area (Å²) in [5, 5.41) is 0. The highest BCUT2D eigenvalue weighted by Crippen LogP contribution is 2.20.